The molecule has 3 aromatic carbocycles. The molecule has 0 amide bonds. The van der Waals surface area contributed by atoms with E-state index in [9.17, 15) is 4.39 Å². The quantitative estimate of drug-likeness (QED) is 0.333. The van der Waals surface area contributed by atoms with Gasteiger partial charge in [0, 0.05) is 38.6 Å². The highest BCUT2D eigenvalue weighted by Gasteiger charge is 2.32. The zero-order valence-corrected chi connectivity index (χ0v) is 17.2. The second kappa shape index (κ2) is 6.47. The Morgan fingerprint density at radius 2 is 1.68 bits per heavy atom. The Bertz CT molecular complexity index is 1470. The first-order valence-corrected chi connectivity index (χ1v) is 11.3. The van der Waals surface area contributed by atoms with Crippen LogP contribution >= 0.6 is 0 Å². The third-order valence-corrected chi connectivity index (χ3v) is 7.04. The predicted octanol–water partition coefficient (Wildman–Crippen LogP) is 6.10. The summed E-state index contributed by atoms with van der Waals surface area (Å²) in [5.41, 5.74) is 5.45. The number of ether oxygens (including phenoxy) is 1. The molecule has 0 spiro atoms. The molecule has 31 heavy (non-hydrogen) atoms. The largest absolute Gasteiger partial charge is 0.488 e. The monoisotopic (exact) mass is 413 g/mol. The maximum Gasteiger partial charge on any atom is 0.167 e. The Morgan fingerprint density at radius 3 is 2.45 bits per heavy atom. The lowest BCUT2D eigenvalue weighted by Gasteiger charge is -2.16. The van der Waals surface area contributed by atoms with E-state index in [0.29, 0.717) is 18.6 Å². The van der Waals surface area contributed by atoms with Crippen LogP contribution in [0.5, 0.6) is 5.75 Å². The molecule has 7 rings (SSSR count). The zero-order chi connectivity index (χ0) is 20.5. The van der Waals surface area contributed by atoms with Gasteiger partial charge in [-0.15, -0.1) is 0 Å². The van der Waals surface area contributed by atoms with Crippen LogP contribution in [0.25, 0.3) is 43.6 Å². The van der Waals surface area contributed by atoms with Gasteiger partial charge < -0.3 is 20.0 Å². The topological polar surface area (TPSA) is 52.8 Å². The average molecular weight is 413 g/mol. The van der Waals surface area contributed by atoms with Crippen molar-refractivity contribution in [3.8, 4) is 5.75 Å². The lowest BCUT2D eigenvalue weighted by Crippen LogP contribution is -2.28. The highest BCUT2D eigenvalue weighted by molar-refractivity contribution is 6.23. The van der Waals surface area contributed by atoms with Crippen LogP contribution in [0.2, 0.25) is 0 Å². The minimum atomic E-state index is -0.202. The van der Waals surface area contributed by atoms with Crippen molar-refractivity contribution in [1.29, 1.82) is 0 Å². The Morgan fingerprint density at radius 1 is 0.903 bits per heavy atom. The van der Waals surface area contributed by atoms with Gasteiger partial charge in [0.25, 0.3) is 0 Å². The summed E-state index contributed by atoms with van der Waals surface area (Å²) in [6, 6.07) is 13.9. The van der Waals surface area contributed by atoms with Crippen molar-refractivity contribution in [2.75, 3.05) is 13.2 Å². The van der Waals surface area contributed by atoms with Crippen LogP contribution in [-0.2, 0) is 0 Å². The van der Waals surface area contributed by atoms with Crippen molar-refractivity contribution in [2.45, 2.75) is 37.6 Å². The number of fused-ring (bicyclic) bond motifs is 6. The second-order valence-electron chi connectivity index (χ2n) is 9.11. The summed E-state index contributed by atoms with van der Waals surface area (Å²) in [6.07, 6.45) is 4.68. The molecule has 1 saturated carbocycles. The lowest BCUT2D eigenvalue weighted by molar-refractivity contribution is 0.282. The van der Waals surface area contributed by atoms with Gasteiger partial charge in [0.2, 0.25) is 0 Å². The van der Waals surface area contributed by atoms with Crippen molar-refractivity contribution in [3.05, 3.63) is 53.8 Å². The molecular formula is C26H24FN3O. The highest BCUT2D eigenvalue weighted by atomic mass is 19.1. The molecule has 3 heterocycles. The van der Waals surface area contributed by atoms with E-state index >= 15 is 0 Å². The molecule has 156 valence electrons. The first kappa shape index (κ1) is 17.6. The normalized spacial score (nSPS) is 19.3. The Hall–Kier alpha value is -3.05. The number of benzene rings is 3. The van der Waals surface area contributed by atoms with E-state index in [1.807, 2.05) is 6.07 Å². The predicted molar refractivity (Wildman–Crippen MR) is 124 cm³/mol. The van der Waals surface area contributed by atoms with E-state index in [4.69, 9.17) is 4.74 Å². The molecule has 1 atom stereocenters. The van der Waals surface area contributed by atoms with Crippen LogP contribution in [-0.4, -0.2) is 29.2 Å². The number of H-pyrrole nitrogens is 2. The summed E-state index contributed by atoms with van der Waals surface area (Å²) in [4.78, 5) is 7.23. The SMILES string of the molecule is Fc1ccc2[nH]c3c(OCC4CCCN4)c4[nH]c5ccccc5c4c(C4CC4)c3c2c1. The minimum Gasteiger partial charge on any atom is -0.488 e. The van der Waals surface area contributed by atoms with Crippen molar-refractivity contribution in [2.24, 2.45) is 0 Å². The van der Waals surface area contributed by atoms with Gasteiger partial charge in [-0.1, -0.05) is 18.2 Å². The summed E-state index contributed by atoms with van der Waals surface area (Å²) < 4.78 is 20.8. The molecule has 2 fully saturated rings. The van der Waals surface area contributed by atoms with Crippen LogP contribution in [0.1, 0.15) is 37.2 Å². The Kier molecular flexibility index (Phi) is 3.68. The minimum absolute atomic E-state index is 0.202. The van der Waals surface area contributed by atoms with E-state index in [1.165, 1.54) is 41.7 Å². The number of para-hydroxylation sites is 1. The fraction of sp³-hybridized carbons (Fsp3) is 0.308. The average Bonchev–Trinajstić information content (AvgIpc) is 3.18. The smallest absolute Gasteiger partial charge is 0.167 e. The molecule has 1 unspecified atom stereocenters. The molecule has 1 aliphatic heterocycles. The van der Waals surface area contributed by atoms with Gasteiger partial charge in [0.15, 0.2) is 5.75 Å². The van der Waals surface area contributed by atoms with E-state index in [2.05, 4.69) is 39.6 Å². The number of hydrogen-bond acceptors (Lipinski definition) is 2. The molecule has 5 aromatic rings. The molecule has 1 aliphatic carbocycles. The van der Waals surface area contributed by atoms with Gasteiger partial charge in [-0.3, -0.25) is 0 Å². The van der Waals surface area contributed by atoms with Crippen molar-refractivity contribution in [1.82, 2.24) is 15.3 Å². The maximum atomic E-state index is 14.3. The van der Waals surface area contributed by atoms with Gasteiger partial charge in [0.1, 0.15) is 12.4 Å². The fourth-order valence-electron chi connectivity index (χ4n) is 5.46. The maximum absolute atomic E-state index is 14.3. The third-order valence-electron chi connectivity index (χ3n) is 7.04. The molecule has 5 heteroatoms. The molecule has 0 radical (unpaired) electrons. The standard InChI is InChI=1S/C26H24FN3O/c27-15-9-10-20-18(12-15)23-21(14-7-8-14)22-17-5-1-2-6-19(17)29-24(22)26(25(23)30-20)31-13-16-4-3-11-28-16/h1-2,5-6,9-10,12,14,16,28-30H,3-4,7-8,11,13H2. The lowest BCUT2D eigenvalue weighted by atomic mass is 9.96. The number of aromatic nitrogens is 2. The fourth-order valence-corrected chi connectivity index (χ4v) is 5.46. The Labute approximate surface area is 178 Å². The summed E-state index contributed by atoms with van der Waals surface area (Å²) in [7, 11) is 0. The van der Waals surface area contributed by atoms with Crippen LogP contribution in [0.15, 0.2) is 42.5 Å². The summed E-state index contributed by atoms with van der Waals surface area (Å²) in [6.45, 7) is 1.68. The number of halogens is 1. The summed E-state index contributed by atoms with van der Waals surface area (Å²) in [5, 5.41) is 8.07. The summed E-state index contributed by atoms with van der Waals surface area (Å²) in [5.74, 6) is 1.17. The number of aromatic amines is 2. The second-order valence-corrected chi connectivity index (χ2v) is 9.11. The summed E-state index contributed by atoms with van der Waals surface area (Å²) >= 11 is 0. The molecule has 2 aliphatic rings. The van der Waals surface area contributed by atoms with E-state index in [0.717, 1.165) is 51.6 Å². The number of hydrogen-bond donors (Lipinski definition) is 3. The van der Waals surface area contributed by atoms with Gasteiger partial charge in [-0.2, -0.15) is 0 Å². The van der Waals surface area contributed by atoms with E-state index in [-0.39, 0.29) is 5.82 Å². The first-order chi connectivity index (χ1) is 15.3. The van der Waals surface area contributed by atoms with Crippen LogP contribution in [0.4, 0.5) is 4.39 Å². The third kappa shape index (κ3) is 2.62. The highest BCUT2D eigenvalue weighted by Crippen LogP contribution is 2.52. The first-order valence-electron chi connectivity index (χ1n) is 11.3. The van der Waals surface area contributed by atoms with Gasteiger partial charge in [-0.05, 0) is 68.0 Å². The molecule has 2 aromatic heterocycles. The Balaban J connectivity index is 1.60. The molecule has 3 N–H and O–H groups in total. The zero-order valence-electron chi connectivity index (χ0n) is 17.2. The van der Waals surface area contributed by atoms with Gasteiger partial charge in [0.05, 0.1) is 11.0 Å². The van der Waals surface area contributed by atoms with Crippen molar-refractivity contribution in [3.63, 3.8) is 0 Å². The van der Waals surface area contributed by atoms with Gasteiger partial charge in [-0.25, -0.2) is 4.39 Å². The van der Waals surface area contributed by atoms with Crippen LogP contribution < -0.4 is 10.1 Å². The molecule has 4 nitrogen and oxygen atoms in total. The number of rotatable bonds is 4. The molecular weight excluding hydrogens is 389 g/mol. The van der Waals surface area contributed by atoms with Crippen LogP contribution in [0.3, 0.4) is 0 Å². The van der Waals surface area contributed by atoms with E-state index < -0.39 is 0 Å². The van der Waals surface area contributed by atoms with Crippen molar-refractivity contribution < 1.29 is 9.13 Å². The van der Waals surface area contributed by atoms with Crippen molar-refractivity contribution >= 4 is 43.6 Å². The molecule has 0 bridgehead atoms. The van der Waals surface area contributed by atoms with Crippen LogP contribution in [0, 0.1) is 5.82 Å². The molecule has 1 saturated heterocycles. The van der Waals surface area contributed by atoms with E-state index in [1.54, 1.807) is 6.07 Å². The van der Waals surface area contributed by atoms with Gasteiger partial charge >= 0.3 is 0 Å². The number of nitrogens with one attached hydrogen (secondary N) is 3.